The van der Waals surface area contributed by atoms with Crippen molar-refractivity contribution in [2.24, 2.45) is 0 Å². The molecule has 0 amide bonds. The predicted molar refractivity (Wildman–Crippen MR) is 115 cm³/mol. The fourth-order valence-electron chi connectivity index (χ4n) is 3.45. The molecule has 0 aliphatic carbocycles. The molecule has 162 valence electrons. The summed E-state index contributed by atoms with van der Waals surface area (Å²) in [4.78, 5) is 35.6. The van der Waals surface area contributed by atoms with Gasteiger partial charge in [-0.05, 0) is 37.6 Å². The Morgan fingerprint density at radius 2 is 1.61 bits per heavy atom. The van der Waals surface area contributed by atoms with E-state index in [1.807, 2.05) is 36.4 Å². The summed E-state index contributed by atoms with van der Waals surface area (Å²) in [6.45, 7) is 2.27. The number of esters is 1. The Labute approximate surface area is 179 Å². The summed E-state index contributed by atoms with van der Waals surface area (Å²) < 4.78 is 5.62. The summed E-state index contributed by atoms with van der Waals surface area (Å²) in [6.07, 6.45) is 6.31. The van der Waals surface area contributed by atoms with Crippen LogP contribution in [0, 0.1) is 20.2 Å². The summed E-state index contributed by atoms with van der Waals surface area (Å²) in [5.74, 6) is -0.841. The van der Waals surface area contributed by atoms with Gasteiger partial charge in [-0.3, -0.25) is 25.1 Å². The van der Waals surface area contributed by atoms with Crippen LogP contribution in [0.25, 0.3) is 6.08 Å². The molecule has 0 radical (unpaired) electrons. The number of carbonyl (C=O) groups is 1. The van der Waals surface area contributed by atoms with E-state index in [0.717, 1.165) is 56.1 Å². The zero-order valence-electron chi connectivity index (χ0n) is 16.9. The largest absolute Gasteiger partial charge is 0.453 e. The van der Waals surface area contributed by atoms with Gasteiger partial charge in [-0.1, -0.05) is 42.8 Å². The lowest BCUT2D eigenvalue weighted by Gasteiger charge is -2.29. The number of nitro benzene ring substituents is 2. The first-order valence-corrected chi connectivity index (χ1v) is 10.0. The van der Waals surface area contributed by atoms with Gasteiger partial charge in [-0.25, -0.2) is 4.79 Å². The van der Waals surface area contributed by atoms with Crippen molar-refractivity contribution >= 4 is 23.4 Å². The molecule has 0 aromatic heterocycles. The molecule has 2 aromatic carbocycles. The van der Waals surface area contributed by atoms with E-state index in [1.54, 1.807) is 6.08 Å². The predicted octanol–water partition coefficient (Wildman–Crippen LogP) is 4.23. The van der Waals surface area contributed by atoms with Crippen molar-refractivity contribution in [3.63, 3.8) is 0 Å². The van der Waals surface area contributed by atoms with E-state index in [-0.39, 0.29) is 5.56 Å². The van der Waals surface area contributed by atoms with Crippen LogP contribution >= 0.6 is 0 Å². The van der Waals surface area contributed by atoms with E-state index in [2.05, 4.69) is 4.90 Å². The first kappa shape index (κ1) is 22.1. The molecule has 3 rings (SSSR count). The van der Waals surface area contributed by atoms with Gasteiger partial charge in [0.05, 0.1) is 21.5 Å². The molecule has 31 heavy (non-hydrogen) atoms. The molecular formula is C22H23N3O6. The van der Waals surface area contributed by atoms with E-state index < -0.39 is 33.3 Å². The lowest BCUT2D eigenvalue weighted by Crippen LogP contribution is -2.37. The van der Waals surface area contributed by atoms with E-state index in [4.69, 9.17) is 4.74 Å². The molecule has 1 unspecified atom stereocenters. The number of benzene rings is 2. The number of non-ortho nitro benzene ring substituents is 2. The van der Waals surface area contributed by atoms with Gasteiger partial charge in [0.15, 0.2) is 0 Å². The third-order valence-electron chi connectivity index (χ3n) is 5.01. The van der Waals surface area contributed by atoms with Gasteiger partial charge in [-0.15, -0.1) is 0 Å². The highest BCUT2D eigenvalue weighted by Gasteiger charge is 2.23. The summed E-state index contributed by atoms with van der Waals surface area (Å²) in [7, 11) is 0. The minimum atomic E-state index is -0.841. The van der Waals surface area contributed by atoms with E-state index in [9.17, 15) is 25.0 Å². The summed E-state index contributed by atoms with van der Waals surface area (Å²) in [5.41, 5.74) is -0.354. The SMILES string of the molecule is O=C(OC(/C=C/c1ccccc1)CN1CCCCC1)c1cc([N+](=O)[O-])cc([N+](=O)[O-])c1. The van der Waals surface area contributed by atoms with Gasteiger partial charge in [0, 0.05) is 18.7 Å². The Balaban J connectivity index is 1.82. The number of rotatable bonds is 8. The second-order valence-corrected chi connectivity index (χ2v) is 7.33. The maximum atomic E-state index is 12.7. The number of nitro groups is 2. The van der Waals surface area contributed by atoms with Gasteiger partial charge < -0.3 is 4.74 Å². The molecule has 2 aromatic rings. The average molecular weight is 425 g/mol. The molecule has 0 bridgehead atoms. The minimum absolute atomic E-state index is 0.224. The normalized spacial score (nSPS) is 15.5. The summed E-state index contributed by atoms with van der Waals surface area (Å²) in [5, 5.41) is 22.2. The molecule has 9 heteroatoms. The highest BCUT2D eigenvalue weighted by atomic mass is 16.6. The van der Waals surface area contributed by atoms with Crippen molar-refractivity contribution in [2.75, 3.05) is 19.6 Å². The first-order chi connectivity index (χ1) is 14.9. The van der Waals surface area contributed by atoms with Crippen molar-refractivity contribution in [1.82, 2.24) is 4.90 Å². The quantitative estimate of drug-likeness (QED) is 0.353. The van der Waals surface area contributed by atoms with Crippen molar-refractivity contribution < 1.29 is 19.4 Å². The molecule has 1 aliphatic rings. The van der Waals surface area contributed by atoms with Crippen LogP contribution in [0.5, 0.6) is 0 Å². The third kappa shape index (κ3) is 6.45. The van der Waals surface area contributed by atoms with Crippen molar-refractivity contribution in [3.8, 4) is 0 Å². The lowest BCUT2D eigenvalue weighted by atomic mass is 10.1. The van der Waals surface area contributed by atoms with Gasteiger partial charge in [0.25, 0.3) is 11.4 Å². The Kier molecular flexibility index (Phi) is 7.45. The number of nitrogens with zero attached hydrogens (tertiary/aromatic N) is 3. The topological polar surface area (TPSA) is 116 Å². The van der Waals surface area contributed by atoms with Gasteiger partial charge in [-0.2, -0.15) is 0 Å². The molecule has 0 spiro atoms. The summed E-state index contributed by atoms with van der Waals surface area (Å²) >= 11 is 0. The van der Waals surface area contributed by atoms with Crippen molar-refractivity contribution in [1.29, 1.82) is 0 Å². The van der Waals surface area contributed by atoms with E-state index >= 15 is 0 Å². The molecule has 1 fully saturated rings. The zero-order chi connectivity index (χ0) is 22.2. The standard InChI is InChI=1S/C22H23N3O6/c26-22(18-13-19(24(27)28)15-20(14-18)25(29)30)31-21(16-23-11-5-2-6-12-23)10-9-17-7-3-1-4-8-17/h1,3-4,7-10,13-15,21H,2,5-6,11-12,16H2/b10-9+. The molecule has 1 saturated heterocycles. The highest BCUT2D eigenvalue weighted by Crippen LogP contribution is 2.24. The Morgan fingerprint density at radius 1 is 1.00 bits per heavy atom. The van der Waals surface area contributed by atoms with Gasteiger partial charge >= 0.3 is 5.97 Å². The number of hydrogen-bond donors (Lipinski definition) is 0. The Hall–Kier alpha value is -3.59. The summed E-state index contributed by atoms with van der Waals surface area (Å²) in [6, 6.07) is 12.3. The number of likely N-dealkylation sites (tertiary alicyclic amines) is 1. The number of ether oxygens (including phenoxy) is 1. The average Bonchev–Trinajstić information content (AvgIpc) is 2.78. The van der Waals surface area contributed by atoms with Crippen molar-refractivity contribution in [3.05, 3.63) is 86.0 Å². The lowest BCUT2D eigenvalue weighted by molar-refractivity contribution is -0.394. The second-order valence-electron chi connectivity index (χ2n) is 7.33. The maximum Gasteiger partial charge on any atom is 0.339 e. The molecular weight excluding hydrogens is 402 g/mol. The van der Waals surface area contributed by atoms with E-state index in [1.165, 1.54) is 0 Å². The van der Waals surface area contributed by atoms with Crippen LogP contribution in [-0.4, -0.2) is 46.5 Å². The Bertz CT molecular complexity index is 938. The molecule has 0 N–H and O–H groups in total. The molecule has 0 saturated carbocycles. The van der Waals surface area contributed by atoms with Crippen LogP contribution in [-0.2, 0) is 4.74 Å². The third-order valence-corrected chi connectivity index (χ3v) is 5.01. The zero-order valence-corrected chi connectivity index (χ0v) is 16.9. The fourth-order valence-corrected chi connectivity index (χ4v) is 3.45. The molecule has 1 aliphatic heterocycles. The minimum Gasteiger partial charge on any atom is -0.453 e. The van der Waals surface area contributed by atoms with Crippen LogP contribution in [0.3, 0.4) is 0 Å². The fraction of sp³-hybridized carbons (Fsp3) is 0.318. The molecule has 9 nitrogen and oxygen atoms in total. The van der Waals surface area contributed by atoms with Crippen LogP contribution in [0.2, 0.25) is 0 Å². The van der Waals surface area contributed by atoms with Crippen LogP contribution in [0.1, 0.15) is 35.2 Å². The van der Waals surface area contributed by atoms with E-state index in [0.29, 0.717) is 6.54 Å². The molecule has 1 atom stereocenters. The number of piperidine rings is 1. The van der Waals surface area contributed by atoms with Crippen LogP contribution in [0.15, 0.2) is 54.6 Å². The van der Waals surface area contributed by atoms with Gasteiger partial charge in [0.2, 0.25) is 0 Å². The number of carbonyl (C=O) groups excluding carboxylic acids is 1. The highest BCUT2D eigenvalue weighted by molar-refractivity contribution is 5.91. The maximum absolute atomic E-state index is 12.7. The monoisotopic (exact) mass is 425 g/mol. The molecule has 1 heterocycles. The van der Waals surface area contributed by atoms with Gasteiger partial charge in [0.1, 0.15) is 6.10 Å². The smallest absolute Gasteiger partial charge is 0.339 e. The van der Waals surface area contributed by atoms with Crippen LogP contribution in [0.4, 0.5) is 11.4 Å². The Morgan fingerprint density at radius 3 is 2.19 bits per heavy atom. The van der Waals surface area contributed by atoms with Crippen molar-refractivity contribution in [2.45, 2.75) is 25.4 Å². The second kappa shape index (κ2) is 10.4. The van der Waals surface area contributed by atoms with Crippen LogP contribution < -0.4 is 0 Å². The number of hydrogen-bond acceptors (Lipinski definition) is 7. The first-order valence-electron chi connectivity index (χ1n) is 10.0.